The number of nitrogens with zero attached hydrogens (tertiary/aromatic N) is 1. The minimum atomic E-state index is 0.107. The van der Waals surface area contributed by atoms with Crippen molar-refractivity contribution in [3.05, 3.63) is 23.8 Å². The highest BCUT2D eigenvalue weighted by molar-refractivity contribution is 5.82. The number of nitrogen functional groups attached to an aromatic ring is 1. The van der Waals surface area contributed by atoms with Crippen molar-refractivity contribution in [3.8, 4) is 0 Å². The van der Waals surface area contributed by atoms with E-state index in [0.717, 1.165) is 43.6 Å². The highest BCUT2D eigenvalue weighted by Gasteiger charge is 2.19. The second-order valence-electron chi connectivity index (χ2n) is 5.67. The van der Waals surface area contributed by atoms with Crippen LogP contribution in [0.1, 0.15) is 38.7 Å². The molecule has 20 heavy (non-hydrogen) atoms. The molecule has 1 aromatic rings. The van der Waals surface area contributed by atoms with Gasteiger partial charge in [0, 0.05) is 24.0 Å². The zero-order valence-corrected chi connectivity index (χ0v) is 12.5. The molecule has 1 amide bonds. The summed E-state index contributed by atoms with van der Waals surface area (Å²) in [4.78, 5) is 14.3. The molecule has 0 saturated carbocycles. The van der Waals surface area contributed by atoms with Gasteiger partial charge in [0.05, 0.1) is 6.54 Å². The summed E-state index contributed by atoms with van der Waals surface area (Å²) in [7, 11) is 0. The van der Waals surface area contributed by atoms with Crippen molar-refractivity contribution in [2.45, 2.75) is 45.6 Å². The molecule has 0 spiro atoms. The van der Waals surface area contributed by atoms with Crippen LogP contribution in [0, 0.1) is 0 Å². The summed E-state index contributed by atoms with van der Waals surface area (Å²) in [5, 5.41) is 3.06. The van der Waals surface area contributed by atoms with Gasteiger partial charge in [-0.15, -0.1) is 0 Å². The first-order valence-electron chi connectivity index (χ1n) is 7.53. The minimum absolute atomic E-state index is 0.107. The van der Waals surface area contributed by atoms with Crippen LogP contribution in [-0.2, 0) is 11.2 Å². The largest absolute Gasteiger partial charge is 0.399 e. The second kappa shape index (κ2) is 6.64. The summed E-state index contributed by atoms with van der Waals surface area (Å²) in [5.41, 5.74) is 9.04. The van der Waals surface area contributed by atoms with Crippen molar-refractivity contribution in [3.63, 3.8) is 0 Å². The predicted molar refractivity (Wildman–Crippen MR) is 83.9 cm³/mol. The van der Waals surface area contributed by atoms with Crippen LogP contribution in [0.15, 0.2) is 18.2 Å². The Kier molecular flexibility index (Phi) is 4.88. The lowest BCUT2D eigenvalue weighted by atomic mass is 10.0. The average Bonchev–Trinajstić information content (AvgIpc) is 2.38. The van der Waals surface area contributed by atoms with E-state index in [4.69, 9.17) is 5.73 Å². The quantitative estimate of drug-likeness (QED) is 0.811. The second-order valence-corrected chi connectivity index (χ2v) is 5.67. The molecule has 1 aliphatic rings. The Labute approximate surface area is 121 Å². The van der Waals surface area contributed by atoms with Gasteiger partial charge in [0.15, 0.2) is 0 Å². The van der Waals surface area contributed by atoms with Gasteiger partial charge in [0.1, 0.15) is 0 Å². The first-order chi connectivity index (χ1) is 9.60. The Hall–Kier alpha value is -1.71. The van der Waals surface area contributed by atoms with E-state index < -0.39 is 0 Å². The molecule has 4 heteroatoms. The van der Waals surface area contributed by atoms with E-state index in [2.05, 4.69) is 24.1 Å². The van der Waals surface area contributed by atoms with Crippen molar-refractivity contribution in [2.75, 3.05) is 23.7 Å². The summed E-state index contributed by atoms with van der Waals surface area (Å²) in [6, 6.07) is 6.23. The van der Waals surface area contributed by atoms with Crippen LogP contribution >= 0.6 is 0 Å². The van der Waals surface area contributed by atoms with Crippen molar-refractivity contribution in [1.82, 2.24) is 5.32 Å². The number of benzene rings is 1. The van der Waals surface area contributed by atoms with Crippen LogP contribution < -0.4 is 16.0 Å². The standard InChI is InChI=1S/C16H25N3O/c1-3-5-12(2)18-16(20)11-19-9-4-6-13-10-14(17)7-8-15(13)19/h7-8,10,12H,3-6,9,11,17H2,1-2H3,(H,18,20). The van der Waals surface area contributed by atoms with E-state index in [0.29, 0.717) is 6.54 Å². The number of aryl methyl sites for hydroxylation is 1. The number of carbonyl (C=O) groups is 1. The number of rotatable bonds is 5. The molecule has 0 saturated heterocycles. The molecule has 0 bridgehead atoms. The lowest BCUT2D eigenvalue weighted by molar-refractivity contribution is -0.120. The van der Waals surface area contributed by atoms with Crippen LogP contribution in [0.3, 0.4) is 0 Å². The third-order valence-electron chi connectivity index (χ3n) is 3.78. The van der Waals surface area contributed by atoms with E-state index in [9.17, 15) is 4.79 Å². The molecule has 0 aliphatic carbocycles. The lowest BCUT2D eigenvalue weighted by Crippen LogP contribution is -2.42. The van der Waals surface area contributed by atoms with Crippen molar-refractivity contribution in [1.29, 1.82) is 0 Å². The van der Waals surface area contributed by atoms with Gasteiger partial charge in [-0.05, 0) is 49.9 Å². The molecule has 4 nitrogen and oxygen atoms in total. The maximum absolute atomic E-state index is 12.1. The highest BCUT2D eigenvalue weighted by Crippen LogP contribution is 2.28. The van der Waals surface area contributed by atoms with Crippen LogP contribution in [0.5, 0.6) is 0 Å². The van der Waals surface area contributed by atoms with Crippen LogP contribution in [0.4, 0.5) is 11.4 Å². The molecule has 2 rings (SSSR count). The van der Waals surface area contributed by atoms with Crippen LogP contribution in [0.25, 0.3) is 0 Å². The number of amides is 1. The maximum atomic E-state index is 12.1. The van der Waals surface area contributed by atoms with Gasteiger partial charge in [0.25, 0.3) is 0 Å². The number of fused-ring (bicyclic) bond motifs is 1. The molecular formula is C16H25N3O. The molecule has 0 radical (unpaired) electrons. The van der Waals surface area contributed by atoms with Gasteiger partial charge in [-0.25, -0.2) is 0 Å². The van der Waals surface area contributed by atoms with Gasteiger partial charge < -0.3 is 16.0 Å². The first kappa shape index (κ1) is 14.7. The van der Waals surface area contributed by atoms with Crippen molar-refractivity contribution >= 4 is 17.3 Å². The number of nitrogens with two attached hydrogens (primary N) is 1. The molecule has 0 fully saturated rings. The summed E-state index contributed by atoms with van der Waals surface area (Å²) < 4.78 is 0. The maximum Gasteiger partial charge on any atom is 0.239 e. The monoisotopic (exact) mass is 275 g/mol. The summed E-state index contributed by atoms with van der Waals surface area (Å²) in [5.74, 6) is 0.107. The summed E-state index contributed by atoms with van der Waals surface area (Å²) in [6.07, 6.45) is 4.24. The van der Waals surface area contributed by atoms with Crippen molar-refractivity contribution in [2.24, 2.45) is 0 Å². The molecular weight excluding hydrogens is 250 g/mol. The van der Waals surface area contributed by atoms with Crippen molar-refractivity contribution < 1.29 is 4.79 Å². The molecule has 1 aliphatic heterocycles. The van der Waals surface area contributed by atoms with E-state index in [-0.39, 0.29) is 11.9 Å². The molecule has 0 aromatic heterocycles. The van der Waals surface area contributed by atoms with E-state index in [1.54, 1.807) is 0 Å². The van der Waals surface area contributed by atoms with Crippen LogP contribution in [0.2, 0.25) is 0 Å². The number of hydrogen-bond acceptors (Lipinski definition) is 3. The molecule has 1 unspecified atom stereocenters. The number of hydrogen-bond donors (Lipinski definition) is 2. The Balaban J connectivity index is 1.99. The fourth-order valence-electron chi connectivity index (χ4n) is 2.86. The molecule has 1 atom stereocenters. The Bertz CT molecular complexity index is 473. The van der Waals surface area contributed by atoms with Gasteiger partial charge in [0.2, 0.25) is 5.91 Å². The van der Waals surface area contributed by atoms with E-state index in [1.165, 1.54) is 5.56 Å². The molecule has 1 heterocycles. The smallest absolute Gasteiger partial charge is 0.239 e. The van der Waals surface area contributed by atoms with Gasteiger partial charge in [-0.1, -0.05) is 13.3 Å². The zero-order valence-electron chi connectivity index (χ0n) is 12.5. The Morgan fingerprint density at radius 3 is 3.05 bits per heavy atom. The number of nitrogens with one attached hydrogen (secondary N) is 1. The molecule has 1 aromatic carbocycles. The van der Waals surface area contributed by atoms with Gasteiger partial charge in [-0.3, -0.25) is 4.79 Å². The SMILES string of the molecule is CCCC(C)NC(=O)CN1CCCc2cc(N)ccc21. The summed E-state index contributed by atoms with van der Waals surface area (Å²) >= 11 is 0. The third kappa shape index (κ3) is 3.65. The fraction of sp³-hybridized carbons (Fsp3) is 0.562. The van der Waals surface area contributed by atoms with E-state index in [1.807, 2.05) is 18.2 Å². The minimum Gasteiger partial charge on any atom is -0.399 e. The van der Waals surface area contributed by atoms with Gasteiger partial charge >= 0.3 is 0 Å². The summed E-state index contributed by atoms with van der Waals surface area (Å²) in [6.45, 7) is 5.57. The molecule has 3 N–H and O–H groups in total. The Morgan fingerprint density at radius 2 is 2.30 bits per heavy atom. The van der Waals surface area contributed by atoms with Gasteiger partial charge in [-0.2, -0.15) is 0 Å². The Morgan fingerprint density at radius 1 is 1.50 bits per heavy atom. The van der Waals surface area contributed by atoms with Crippen LogP contribution in [-0.4, -0.2) is 25.0 Å². The third-order valence-corrected chi connectivity index (χ3v) is 3.78. The fourth-order valence-corrected chi connectivity index (χ4v) is 2.86. The van der Waals surface area contributed by atoms with E-state index >= 15 is 0 Å². The number of carbonyl (C=O) groups excluding carboxylic acids is 1. The molecule has 110 valence electrons. The number of anilines is 2. The lowest BCUT2D eigenvalue weighted by Gasteiger charge is -2.31. The highest BCUT2D eigenvalue weighted by atomic mass is 16.2. The topological polar surface area (TPSA) is 58.4 Å². The average molecular weight is 275 g/mol. The zero-order chi connectivity index (χ0) is 14.5. The normalized spacial score (nSPS) is 15.6. The first-order valence-corrected chi connectivity index (χ1v) is 7.53. The predicted octanol–water partition coefficient (Wildman–Crippen LogP) is 2.33.